The van der Waals surface area contributed by atoms with Crippen LogP contribution in [-0.4, -0.2) is 16.3 Å². The third-order valence-corrected chi connectivity index (χ3v) is 3.16. The predicted molar refractivity (Wildman–Crippen MR) is 66.2 cm³/mol. The van der Waals surface area contributed by atoms with Gasteiger partial charge in [0.2, 0.25) is 0 Å². The van der Waals surface area contributed by atoms with Crippen molar-refractivity contribution in [2.75, 3.05) is 0 Å². The molecule has 1 aromatic heterocycles. The van der Waals surface area contributed by atoms with Gasteiger partial charge < -0.3 is 4.74 Å². The maximum Gasteiger partial charge on any atom is 0.573 e. The van der Waals surface area contributed by atoms with E-state index in [1.54, 1.807) is 6.20 Å². The number of fused-ring (bicyclic) bond motifs is 1. The third-order valence-electron chi connectivity index (χ3n) is 3.16. The summed E-state index contributed by atoms with van der Waals surface area (Å²) in [6.07, 6.45) is 0.121. The zero-order valence-electron chi connectivity index (χ0n) is 10.4. The number of aryl methyl sites for hydroxylation is 2. The van der Waals surface area contributed by atoms with Crippen LogP contribution in [0.5, 0.6) is 5.75 Å². The van der Waals surface area contributed by atoms with Gasteiger partial charge in [-0.25, -0.2) is 9.97 Å². The van der Waals surface area contributed by atoms with Crippen molar-refractivity contribution in [2.24, 2.45) is 0 Å². The van der Waals surface area contributed by atoms with E-state index in [0.29, 0.717) is 11.4 Å². The van der Waals surface area contributed by atoms with Crippen LogP contribution in [-0.2, 0) is 12.8 Å². The summed E-state index contributed by atoms with van der Waals surface area (Å²) in [7, 11) is 0. The van der Waals surface area contributed by atoms with Crippen molar-refractivity contribution in [1.82, 2.24) is 9.97 Å². The first-order chi connectivity index (χ1) is 9.51. The van der Waals surface area contributed by atoms with Crippen LogP contribution in [0.1, 0.15) is 17.7 Å². The highest BCUT2D eigenvalue weighted by Crippen LogP contribution is 2.26. The van der Waals surface area contributed by atoms with Crippen LogP contribution >= 0.6 is 0 Å². The highest BCUT2D eigenvalue weighted by molar-refractivity contribution is 5.56. The van der Waals surface area contributed by atoms with Crippen molar-refractivity contribution in [3.05, 3.63) is 41.7 Å². The summed E-state index contributed by atoms with van der Waals surface area (Å²) in [6, 6.07) is 5.58. The fourth-order valence-corrected chi connectivity index (χ4v) is 2.26. The molecule has 3 nitrogen and oxygen atoms in total. The molecule has 104 valence electrons. The number of hydrogen-bond donors (Lipinski definition) is 0. The summed E-state index contributed by atoms with van der Waals surface area (Å²) in [4.78, 5) is 8.70. The molecule has 6 heteroatoms. The van der Waals surface area contributed by atoms with E-state index in [4.69, 9.17) is 0 Å². The SMILES string of the molecule is FC(F)(F)Oc1ccc(-c2ncc3c(n2)CCC3)cc1. The molecule has 0 spiro atoms. The maximum atomic E-state index is 12.1. The van der Waals surface area contributed by atoms with Gasteiger partial charge in [0.05, 0.1) is 0 Å². The Kier molecular flexibility index (Phi) is 3.08. The standard InChI is InChI=1S/C14H11F3N2O/c15-14(16,17)20-11-6-4-9(5-7-11)13-18-8-10-2-1-3-12(10)19-13/h4-8H,1-3H2. The van der Waals surface area contributed by atoms with Crippen LogP contribution in [0.4, 0.5) is 13.2 Å². The predicted octanol–water partition coefficient (Wildman–Crippen LogP) is 3.53. The van der Waals surface area contributed by atoms with Gasteiger partial charge in [-0.15, -0.1) is 13.2 Å². The Hall–Kier alpha value is -2.11. The molecular weight excluding hydrogens is 269 g/mol. The first-order valence-electron chi connectivity index (χ1n) is 6.22. The topological polar surface area (TPSA) is 35.0 Å². The molecule has 0 amide bonds. The quantitative estimate of drug-likeness (QED) is 0.844. The van der Waals surface area contributed by atoms with E-state index in [1.165, 1.54) is 24.3 Å². The molecule has 2 aromatic rings. The summed E-state index contributed by atoms with van der Waals surface area (Å²) in [5.74, 6) is 0.284. The van der Waals surface area contributed by atoms with Gasteiger partial charge in [-0.05, 0) is 49.1 Å². The lowest BCUT2D eigenvalue weighted by atomic mass is 10.2. The van der Waals surface area contributed by atoms with Gasteiger partial charge in [-0.2, -0.15) is 0 Å². The minimum atomic E-state index is -4.68. The third kappa shape index (κ3) is 2.74. The summed E-state index contributed by atoms with van der Waals surface area (Å²) in [6.45, 7) is 0. The van der Waals surface area contributed by atoms with Crippen LogP contribution in [0.2, 0.25) is 0 Å². The number of ether oxygens (including phenoxy) is 1. The highest BCUT2D eigenvalue weighted by Gasteiger charge is 2.31. The molecule has 0 N–H and O–H groups in total. The molecule has 0 fully saturated rings. The van der Waals surface area contributed by atoms with Gasteiger partial charge in [-0.1, -0.05) is 0 Å². The summed E-state index contributed by atoms with van der Waals surface area (Å²) in [5, 5.41) is 0. The van der Waals surface area contributed by atoms with E-state index in [-0.39, 0.29) is 5.75 Å². The fraction of sp³-hybridized carbons (Fsp3) is 0.286. The number of alkyl halides is 3. The molecule has 0 unspecified atom stereocenters. The fourth-order valence-electron chi connectivity index (χ4n) is 2.26. The molecule has 0 atom stereocenters. The molecule has 1 heterocycles. The van der Waals surface area contributed by atoms with Crippen molar-refractivity contribution < 1.29 is 17.9 Å². The lowest BCUT2D eigenvalue weighted by Crippen LogP contribution is -2.16. The van der Waals surface area contributed by atoms with Crippen LogP contribution in [0.15, 0.2) is 30.5 Å². The van der Waals surface area contributed by atoms with Crippen LogP contribution in [0.25, 0.3) is 11.4 Å². The molecule has 0 aliphatic heterocycles. The molecule has 1 aromatic carbocycles. The zero-order chi connectivity index (χ0) is 14.2. The van der Waals surface area contributed by atoms with E-state index in [1.807, 2.05) is 0 Å². The van der Waals surface area contributed by atoms with E-state index >= 15 is 0 Å². The smallest absolute Gasteiger partial charge is 0.406 e. The molecule has 20 heavy (non-hydrogen) atoms. The second kappa shape index (κ2) is 4.77. The summed E-state index contributed by atoms with van der Waals surface area (Å²) < 4.78 is 40.0. The summed E-state index contributed by atoms with van der Waals surface area (Å²) in [5.41, 5.74) is 2.87. The monoisotopic (exact) mass is 280 g/mol. The molecule has 0 saturated carbocycles. The lowest BCUT2D eigenvalue weighted by Gasteiger charge is -2.09. The average Bonchev–Trinajstić information content (AvgIpc) is 2.85. The second-order valence-corrected chi connectivity index (χ2v) is 4.59. The van der Waals surface area contributed by atoms with Gasteiger partial charge in [0.1, 0.15) is 5.75 Å². The van der Waals surface area contributed by atoms with Gasteiger partial charge in [0.25, 0.3) is 0 Å². The van der Waals surface area contributed by atoms with Crippen molar-refractivity contribution in [3.8, 4) is 17.1 Å². The normalized spacial score (nSPS) is 14.2. The van der Waals surface area contributed by atoms with Gasteiger partial charge in [-0.3, -0.25) is 0 Å². The Bertz CT molecular complexity index is 623. The van der Waals surface area contributed by atoms with Crippen molar-refractivity contribution in [2.45, 2.75) is 25.6 Å². The number of aromatic nitrogens is 2. The van der Waals surface area contributed by atoms with Gasteiger partial charge >= 0.3 is 6.36 Å². The molecule has 0 radical (unpaired) electrons. The molecule has 0 bridgehead atoms. The summed E-state index contributed by atoms with van der Waals surface area (Å²) >= 11 is 0. The Labute approximate surface area is 113 Å². The Morgan fingerprint density at radius 1 is 1.05 bits per heavy atom. The minimum Gasteiger partial charge on any atom is -0.406 e. The lowest BCUT2D eigenvalue weighted by molar-refractivity contribution is -0.274. The number of hydrogen-bond acceptors (Lipinski definition) is 3. The van der Waals surface area contributed by atoms with Gasteiger partial charge in [0, 0.05) is 17.5 Å². The zero-order valence-corrected chi connectivity index (χ0v) is 10.4. The van der Waals surface area contributed by atoms with Crippen molar-refractivity contribution in [1.29, 1.82) is 0 Å². The van der Waals surface area contributed by atoms with Crippen LogP contribution in [0, 0.1) is 0 Å². The van der Waals surface area contributed by atoms with Gasteiger partial charge in [0.15, 0.2) is 5.82 Å². The maximum absolute atomic E-state index is 12.1. The van der Waals surface area contributed by atoms with Crippen LogP contribution < -0.4 is 4.74 Å². The van der Waals surface area contributed by atoms with Crippen LogP contribution in [0.3, 0.4) is 0 Å². The second-order valence-electron chi connectivity index (χ2n) is 4.59. The molecule has 0 saturated heterocycles. The first kappa shape index (κ1) is 12.9. The molecule has 3 rings (SSSR count). The number of halogens is 3. The number of rotatable bonds is 2. The van der Waals surface area contributed by atoms with E-state index in [0.717, 1.165) is 30.5 Å². The van der Waals surface area contributed by atoms with E-state index in [9.17, 15) is 13.2 Å². The largest absolute Gasteiger partial charge is 0.573 e. The molecule has 1 aliphatic carbocycles. The van der Waals surface area contributed by atoms with E-state index in [2.05, 4.69) is 14.7 Å². The average molecular weight is 280 g/mol. The highest BCUT2D eigenvalue weighted by atomic mass is 19.4. The first-order valence-corrected chi connectivity index (χ1v) is 6.22. The number of benzene rings is 1. The molecule has 1 aliphatic rings. The Balaban J connectivity index is 1.84. The van der Waals surface area contributed by atoms with Crippen molar-refractivity contribution >= 4 is 0 Å². The minimum absolute atomic E-state index is 0.248. The molecular formula is C14H11F3N2O. The Morgan fingerprint density at radius 2 is 1.80 bits per heavy atom. The number of nitrogens with zero attached hydrogens (tertiary/aromatic N) is 2. The van der Waals surface area contributed by atoms with E-state index < -0.39 is 6.36 Å². The van der Waals surface area contributed by atoms with Crippen molar-refractivity contribution in [3.63, 3.8) is 0 Å². The Morgan fingerprint density at radius 3 is 2.50 bits per heavy atom.